The number of hydrogen-bond acceptors (Lipinski definition) is 1. The first-order valence-corrected chi connectivity index (χ1v) is 10.7. The van der Waals surface area contributed by atoms with Gasteiger partial charge in [-0.3, -0.25) is 0 Å². The summed E-state index contributed by atoms with van der Waals surface area (Å²) < 4.78 is 6.15. The van der Waals surface area contributed by atoms with Gasteiger partial charge in [-0.25, -0.2) is 0 Å². The highest BCUT2D eigenvalue weighted by atomic mass is 35.5. The van der Waals surface area contributed by atoms with Crippen LogP contribution in [-0.4, -0.2) is 4.98 Å². The fourth-order valence-corrected chi connectivity index (χ4v) is 5.25. The lowest BCUT2D eigenvalue weighted by Crippen LogP contribution is -1.82. The Labute approximate surface area is 182 Å². The molecule has 0 saturated carbocycles. The molecule has 0 atom stereocenters. The average Bonchev–Trinajstić information content (AvgIpc) is 3.38. The van der Waals surface area contributed by atoms with Crippen molar-refractivity contribution < 1.29 is 4.42 Å². The van der Waals surface area contributed by atoms with E-state index in [1.54, 1.807) is 0 Å². The summed E-state index contributed by atoms with van der Waals surface area (Å²) in [7, 11) is 0. The van der Waals surface area contributed by atoms with E-state index in [2.05, 4.69) is 71.7 Å². The molecule has 0 radical (unpaired) electrons. The number of rotatable bonds is 1. The third-order valence-corrected chi connectivity index (χ3v) is 6.59. The molecule has 0 bridgehead atoms. The highest BCUT2D eigenvalue weighted by Gasteiger charge is 2.18. The zero-order valence-corrected chi connectivity index (χ0v) is 17.2. The van der Waals surface area contributed by atoms with E-state index in [0.717, 1.165) is 38.5 Å². The van der Waals surface area contributed by atoms with Gasteiger partial charge in [-0.1, -0.05) is 72.3 Å². The van der Waals surface area contributed by atoms with Gasteiger partial charge in [-0.2, -0.15) is 0 Å². The molecular weight excluding hydrogens is 402 g/mol. The maximum absolute atomic E-state index is 6.64. The quantitative estimate of drug-likeness (QED) is 0.284. The van der Waals surface area contributed by atoms with Crippen LogP contribution in [0, 0.1) is 0 Å². The van der Waals surface area contributed by atoms with Crippen LogP contribution < -0.4 is 0 Å². The molecule has 2 aromatic heterocycles. The van der Waals surface area contributed by atoms with E-state index in [1.165, 1.54) is 27.1 Å². The monoisotopic (exact) mass is 417 g/mol. The van der Waals surface area contributed by atoms with Crippen molar-refractivity contribution in [3.05, 3.63) is 96.0 Å². The number of fused-ring (bicyclic) bond motifs is 8. The van der Waals surface area contributed by atoms with E-state index in [4.69, 9.17) is 16.0 Å². The molecule has 0 unspecified atom stereocenters. The summed E-state index contributed by atoms with van der Waals surface area (Å²) >= 11 is 6.64. The van der Waals surface area contributed by atoms with Gasteiger partial charge in [0.2, 0.25) is 0 Å². The molecule has 1 N–H and O–H groups in total. The summed E-state index contributed by atoms with van der Waals surface area (Å²) in [4.78, 5) is 3.62. The van der Waals surface area contributed by atoms with Gasteiger partial charge in [0.25, 0.3) is 0 Å². The lowest BCUT2D eigenvalue weighted by Gasteiger charge is -2.08. The Morgan fingerprint density at radius 1 is 0.548 bits per heavy atom. The van der Waals surface area contributed by atoms with Crippen LogP contribution in [0.4, 0.5) is 0 Å². The lowest BCUT2D eigenvalue weighted by atomic mass is 9.94. The molecule has 0 amide bonds. The molecule has 7 rings (SSSR count). The number of benzene rings is 5. The second-order valence-electron chi connectivity index (χ2n) is 7.96. The van der Waals surface area contributed by atoms with Gasteiger partial charge < -0.3 is 9.40 Å². The maximum atomic E-state index is 6.64. The van der Waals surface area contributed by atoms with Crippen molar-refractivity contribution in [3.63, 3.8) is 0 Å². The standard InChI is InChI=1S/C28H16ClNO/c29-20-10-5-13-24-28(20)27-19(9-4-12-23(27)31-24)18-8-3-11-21-26(18)25-17-7-2-1-6-16(17)14-15-22(25)30-21/h1-15,30H. The highest BCUT2D eigenvalue weighted by Crippen LogP contribution is 2.44. The zero-order valence-electron chi connectivity index (χ0n) is 16.4. The first-order chi connectivity index (χ1) is 15.3. The van der Waals surface area contributed by atoms with Gasteiger partial charge in [-0.05, 0) is 52.2 Å². The number of H-pyrrole nitrogens is 1. The number of aromatic nitrogens is 1. The van der Waals surface area contributed by atoms with Crippen molar-refractivity contribution >= 4 is 66.1 Å². The molecule has 0 aliphatic heterocycles. The van der Waals surface area contributed by atoms with Crippen LogP contribution >= 0.6 is 11.6 Å². The molecule has 2 nitrogen and oxygen atoms in total. The van der Waals surface area contributed by atoms with Crippen LogP contribution in [0.5, 0.6) is 0 Å². The Morgan fingerprint density at radius 2 is 1.26 bits per heavy atom. The minimum Gasteiger partial charge on any atom is -0.456 e. The van der Waals surface area contributed by atoms with E-state index in [-0.39, 0.29) is 0 Å². The van der Waals surface area contributed by atoms with Gasteiger partial charge >= 0.3 is 0 Å². The SMILES string of the molecule is Clc1cccc2oc3cccc(-c4cccc5[nH]c6ccc7ccccc7c6c45)c3c12. The third kappa shape index (κ3) is 2.28. The van der Waals surface area contributed by atoms with E-state index in [0.29, 0.717) is 5.02 Å². The van der Waals surface area contributed by atoms with Gasteiger partial charge in [-0.15, -0.1) is 0 Å². The summed E-state index contributed by atoms with van der Waals surface area (Å²) in [6.45, 7) is 0. The predicted octanol–water partition coefficient (Wildman–Crippen LogP) is 8.69. The van der Waals surface area contributed by atoms with Crippen molar-refractivity contribution in [1.29, 1.82) is 0 Å². The molecule has 7 aromatic rings. The Morgan fingerprint density at radius 3 is 2.16 bits per heavy atom. The third-order valence-electron chi connectivity index (χ3n) is 6.27. The maximum Gasteiger partial charge on any atom is 0.136 e. The highest BCUT2D eigenvalue weighted by molar-refractivity contribution is 6.38. The van der Waals surface area contributed by atoms with Crippen molar-refractivity contribution in [3.8, 4) is 11.1 Å². The zero-order chi connectivity index (χ0) is 20.5. The Hall–Kier alpha value is -3.75. The molecule has 0 fully saturated rings. The van der Waals surface area contributed by atoms with Crippen LogP contribution in [0.2, 0.25) is 5.02 Å². The summed E-state index contributed by atoms with van der Waals surface area (Å²) in [5, 5.41) is 7.70. The summed E-state index contributed by atoms with van der Waals surface area (Å²) in [6, 6.07) is 31.4. The molecule has 0 spiro atoms. The molecular formula is C28H16ClNO. The summed E-state index contributed by atoms with van der Waals surface area (Å²) in [5.41, 5.74) is 6.23. The van der Waals surface area contributed by atoms with Crippen molar-refractivity contribution in [2.45, 2.75) is 0 Å². The first-order valence-electron chi connectivity index (χ1n) is 10.3. The summed E-state index contributed by atoms with van der Waals surface area (Å²) in [6.07, 6.45) is 0. The second kappa shape index (κ2) is 6.13. The molecule has 146 valence electrons. The first kappa shape index (κ1) is 17.0. The van der Waals surface area contributed by atoms with Crippen molar-refractivity contribution in [1.82, 2.24) is 4.98 Å². The second-order valence-corrected chi connectivity index (χ2v) is 8.36. The molecule has 31 heavy (non-hydrogen) atoms. The number of aromatic amines is 1. The van der Waals surface area contributed by atoms with Gasteiger partial charge in [0.15, 0.2) is 0 Å². The average molecular weight is 418 g/mol. The van der Waals surface area contributed by atoms with E-state index >= 15 is 0 Å². The van der Waals surface area contributed by atoms with E-state index in [1.807, 2.05) is 24.3 Å². The molecule has 0 saturated heterocycles. The summed E-state index contributed by atoms with van der Waals surface area (Å²) in [5.74, 6) is 0. The minimum absolute atomic E-state index is 0.709. The van der Waals surface area contributed by atoms with E-state index in [9.17, 15) is 0 Å². The smallest absolute Gasteiger partial charge is 0.136 e. The normalized spacial score (nSPS) is 12.0. The largest absolute Gasteiger partial charge is 0.456 e. The van der Waals surface area contributed by atoms with Gasteiger partial charge in [0.05, 0.1) is 5.02 Å². The fraction of sp³-hybridized carbons (Fsp3) is 0. The number of hydrogen-bond donors (Lipinski definition) is 1. The van der Waals surface area contributed by atoms with Crippen LogP contribution in [0.3, 0.4) is 0 Å². The minimum atomic E-state index is 0.709. The number of nitrogens with one attached hydrogen (secondary N) is 1. The predicted molar refractivity (Wildman–Crippen MR) is 131 cm³/mol. The van der Waals surface area contributed by atoms with E-state index < -0.39 is 0 Å². The number of furan rings is 1. The Balaban J connectivity index is 1.71. The lowest BCUT2D eigenvalue weighted by molar-refractivity contribution is 0.669. The topological polar surface area (TPSA) is 28.9 Å². The van der Waals surface area contributed by atoms with Crippen molar-refractivity contribution in [2.75, 3.05) is 0 Å². The Kier molecular flexibility index (Phi) is 3.36. The van der Waals surface area contributed by atoms with Gasteiger partial charge in [0, 0.05) is 32.6 Å². The molecule has 0 aliphatic rings. The fourth-order valence-electron chi connectivity index (χ4n) is 4.99. The molecule has 5 aromatic carbocycles. The van der Waals surface area contributed by atoms with Crippen LogP contribution in [0.15, 0.2) is 95.4 Å². The number of halogens is 1. The van der Waals surface area contributed by atoms with Gasteiger partial charge in [0.1, 0.15) is 11.2 Å². The van der Waals surface area contributed by atoms with Crippen molar-refractivity contribution in [2.24, 2.45) is 0 Å². The molecule has 2 heterocycles. The Bertz CT molecular complexity index is 1810. The van der Waals surface area contributed by atoms with Crippen LogP contribution in [0.25, 0.3) is 65.6 Å². The van der Waals surface area contributed by atoms with Crippen LogP contribution in [-0.2, 0) is 0 Å². The molecule has 3 heteroatoms. The van der Waals surface area contributed by atoms with Crippen LogP contribution in [0.1, 0.15) is 0 Å². The molecule has 0 aliphatic carbocycles.